The standard InChI is InChI=1S/C16H19N3/c17-19-16(14-6-8-18-9-7-14)11-12-4-5-13-2-1-3-15(13)10-12/h4-10,16,19H,1-3,11,17H2. The number of benzene rings is 1. The van der Waals surface area contributed by atoms with Gasteiger partial charge >= 0.3 is 0 Å². The Morgan fingerprint density at radius 1 is 1.11 bits per heavy atom. The highest BCUT2D eigenvalue weighted by molar-refractivity contribution is 5.36. The van der Waals surface area contributed by atoms with Gasteiger partial charge in [-0.2, -0.15) is 0 Å². The zero-order chi connectivity index (χ0) is 13.1. The lowest BCUT2D eigenvalue weighted by Gasteiger charge is -2.16. The number of nitrogens with zero attached hydrogens (tertiary/aromatic N) is 1. The average Bonchev–Trinajstić information content (AvgIpc) is 2.93. The van der Waals surface area contributed by atoms with E-state index in [4.69, 9.17) is 5.84 Å². The minimum Gasteiger partial charge on any atom is -0.271 e. The van der Waals surface area contributed by atoms with E-state index in [2.05, 4.69) is 28.6 Å². The third-order valence-electron chi connectivity index (χ3n) is 3.91. The van der Waals surface area contributed by atoms with E-state index in [-0.39, 0.29) is 6.04 Å². The quantitative estimate of drug-likeness (QED) is 0.649. The zero-order valence-corrected chi connectivity index (χ0v) is 11.0. The zero-order valence-electron chi connectivity index (χ0n) is 11.0. The second-order valence-electron chi connectivity index (χ2n) is 5.16. The van der Waals surface area contributed by atoms with Gasteiger partial charge in [-0.15, -0.1) is 0 Å². The lowest BCUT2D eigenvalue weighted by atomic mass is 9.97. The SMILES string of the molecule is NNC(Cc1ccc2c(c1)CCC2)c1ccncc1. The van der Waals surface area contributed by atoms with Gasteiger partial charge in [0.2, 0.25) is 0 Å². The Bertz CT molecular complexity index is 551. The molecule has 0 bridgehead atoms. The molecule has 1 atom stereocenters. The highest BCUT2D eigenvalue weighted by Gasteiger charge is 2.14. The van der Waals surface area contributed by atoms with Crippen LogP contribution in [0.4, 0.5) is 0 Å². The van der Waals surface area contributed by atoms with Gasteiger partial charge in [-0.1, -0.05) is 18.2 Å². The number of aryl methyl sites for hydroxylation is 2. The number of hydrazine groups is 1. The number of hydrogen-bond donors (Lipinski definition) is 2. The maximum Gasteiger partial charge on any atom is 0.0501 e. The van der Waals surface area contributed by atoms with Crippen molar-refractivity contribution in [1.29, 1.82) is 0 Å². The summed E-state index contributed by atoms with van der Waals surface area (Å²) in [4.78, 5) is 4.05. The molecule has 1 aliphatic rings. The molecule has 0 amide bonds. The predicted molar refractivity (Wildman–Crippen MR) is 76.5 cm³/mol. The van der Waals surface area contributed by atoms with Gasteiger partial charge in [-0.25, -0.2) is 0 Å². The lowest BCUT2D eigenvalue weighted by Crippen LogP contribution is -2.29. The molecule has 0 radical (unpaired) electrons. The third-order valence-corrected chi connectivity index (χ3v) is 3.91. The van der Waals surface area contributed by atoms with Crippen LogP contribution in [-0.2, 0) is 19.3 Å². The number of hydrogen-bond acceptors (Lipinski definition) is 3. The molecule has 1 aromatic carbocycles. The Labute approximate surface area is 113 Å². The summed E-state index contributed by atoms with van der Waals surface area (Å²) in [6.07, 6.45) is 8.28. The van der Waals surface area contributed by atoms with Gasteiger partial charge < -0.3 is 0 Å². The van der Waals surface area contributed by atoms with Crippen molar-refractivity contribution >= 4 is 0 Å². The van der Waals surface area contributed by atoms with Crippen molar-refractivity contribution in [2.45, 2.75) is 31.7 Å². The molecule has 0 fully saturated rings. The third kappa shape index (κ3) is 2.67. The first-order valence-corrected chi connectivity index (χ1v) is 6.83. The summed E-state index contributed by atoms with van der Waals surface area (Å²) in [6.45, 7) is 0. The largest absolute Gasteiger partial charge is 0.271 e. The monoisotopic (exact) mass is 253 g/mol. The summed E-state index contributed by atoms with van der Waals surface area (Å²) >= 11 is 0. The molecule has 1 unspecified atom stereocenters. The van der Waals surface area contributed by atoms with E-state index in [1.165, 1.54) is 41.5 Å². The van der Waals surface area contributed by atoms with Crippen LogP contribution >= 0.6 is 0 Å². The van der Waals surface area contributed by atoms with Crippen LogP contribution < -0.4 is 11.3 Å². The lowest BCUT2D eigenvalue weighted by molar-refractivity contribution is 0.551. The maximum atomic E-state index is 5.70. The first-order valence-electron chi connectivity index (χ1n) is 6.83. The van der Waals surface area contributed by atoms with Crippen LogP contribution in [0.25, 0.3) is 0 Å². The topological polar surface area (TPSA) is 50.9 Å². The molecule has 19 heavy (non-hydrogen) atoms. The number of nitrogens with one attached hydrogen (secondary N) is 1. The van der Waals surface area contributed by atoms with Crippen molar-refractivity contribution < 1.29 is 0 Å². The molecular formula is C16H19N3. The van der Waals surface area contributed by atoms with E-state index in [0.29, 0.717) is 0 Å². The Balaban J connectivity index is 1.80. The van der Waals surface area contributed by atoms with Crippen LogP contribution in [-0.4, -0.2) is 4.98 Å². The van der Waals surface area contributed by atoms with E-state index in [9.17, 15) is 0 Å². The van der Waals surface area contributed by atoms with Crippen molar-refractivity contribution in [3.8, 4) is 0 Å². The Morgan fingerprint density at radius 2 is 1.89 bits per heavy atom. The van der Waals surface area contributed by atoms with Crippen LogP contribution in [0.15, 0.2) is 42.7 Å². The average molecular weight is 253 g/mol. The number of aromatic nitrogens is 1. The van der Waals surface area contributed by atoms with Crippen molar-refractivity contribution in [2.24, 2.45) is 5.84 Å². The smallest absolute Gasteiger partial charge is 0.0501 e. The van der Waals surface area contributed by atoms with Crippen LogP contribution in [0.1, 0.15) is 34.7 Å². The molecule has 1 aromatic heterocycles. The molecule has 0 saturated heterocycles. The summed E-state index contributed by atoms with van der Waals surface area (Å²) in [5, 5.41) is 0. The molecule has 1 heterocycles. The van der Waals surface area contributed by atoms with Crippen LogP contribution in [0, 0.1) is 0 Å². The van der Waals surface area contributed by atoms with Gasteiger partial charge in [0.25, 0.3) is 0 Å². The maximum absolute atomic E-state index is 5.70. The predicted octanol–water partition coefficient (Wildman–Crippen LogP) is 2.32. The first kappa shape index (κ1) is 12.3. The van der Waals surface area contributed by atoms with Crippen molar-refractivity contribution in [2.75, 3.05) is 0 Å². The van der Waals surface area contributed by atoms with Crippen LogP contribution in [0.2, 0.25) is 0 Å². The van der Waals surface area contributed by atoms with Crippen molar-refractivity contribution in [3.63, 3.8) is 0 Å². The minimum absolute atomic E-state index is 0.141. The van der Waals surface area contributed by atoms with E-state index in [1.807, 2.05) is 24.5 Å². The van der Waals surface area contributed by atoms with Gasteiger partial charge in [-0.3, -0.25) is 16.3 Å². The van der Waals surface area contributed by atoms with Crippen molar-refractivity contribution in [3.05, 3.63) is 65.0 Å². The first-order chi connectivity index (χ1) is 9.36. The molecule has 0 saturated carbocycles. The Hall–Kier alpha value is -1.71. The molecule has 3 heteroatoms. The normalized spacial score (nSPS) is 15.2. The fourth-order valence-electron chi connectivity index (χ4n) is 2.86. The van der Waals surface area contributed by atoms with E-state index >= 15 is 0 Å². The Kier molecular flexibility index (Phi) is 3.58. The highest BCUT2D eigenvalue weighted by atomic mass is 15.2. The number of fused-ring (bicyclic) bond motifs is 1. The number of nitrogens with two attached hydrogens (primary N) is 1. The van der Waals surface area contributed by atoms with E-state index in [1.54, 1.807) is 0 Å². The van der Waals surface area contributed by atoms with E-state index in [0.717, 1.165) is 6.42 Å². The van der Waals surface area contributed by atoms with Gasteiger partial charge in [0, 0.05) is 12.4 Å². The molecule has 3 rings (SSSR count). The van der Waals surface area contributed by atoms with Crippen LogP contribution in [0.5, 0.6) is 0 Å². The molecule has 0 aliphatic heterocycles. The van der Waals surface area contributed by atoms with Gasteiger partial charge in [0.05, 0.1) is 6.04 Å². The second-order valence-corrected chi connectivity index (χ2v) is 5.16. The summed E-state index contributed by atoms with van der Waals surface area (Å²) in [5.74, 6) is 5.70. The summed E-state index contributed by atoms with van der Waals surface area (Å²) < 4.78 is 0. The number of pyridine rings is 1. The molecular weight excluding hydrogens is 234 g/mol. The molecule has 98 valence electrons. The fraction of sp³-hybridized carbons (Fsp3) is 0.312. The molecule has 2 aromatic rings. The van der Waals surface area contributed by atoms with Crippen LogP contribution in [0.3, 0.4) is 0 Å². The highest BCUT2D eigenvalue weighted by Crippen LogP contribution is 2.25. The molecule has 1 aliphatic carbocycles. The molecule has 0 spiro atoms. The van der Waals surface area contributed by atoms with Gasteiger partial charge in [0.15, 0.2) is 0 Å². The molecule has 3 nitrogen and oxygen atoms in total. The summed E-state index contributed by atoms with van der Waals surface area (Å²) in [7, 11) is 0. The van der Waals surface area contributed by atoms with Gasteiger partial charge in [-0.05, 0) is 60.1 Å². The van der Waals surface area contributed by atoms with Crippen molar-refractivity contribution in [1.82, 2.24) is 10.4 Å². The fourth-order valence-corrected chi connectivity index (χ4v) is 2.86. The van der Waals surface area contributed by atoms with Gasteiger partial charge in [0.1, 0.15) is 0 Å². The minimum atomic E-state index is 0.141. The second kappa shape index (κ2) is 5.51. The van der Waals surface area contributed by atoms with E-state index < -0.39 is 0 Å². The molecule has 3 N–H and O–H groups in total. The summed E-state index contributed by atoms with van der Waals surface area (Å²) in [5.41, 5.74) is 8.47. The Morgan fingerprint density at radius 3 is 2.68 bits per heavy atom. The summed E-state index contributed by atoms with van der Waals surface area (Å²) in [6, 6.07) is 11.0. The number of rotatable bonds is 4.